The number of hydrogen-bond acceptors (Lipinski definition) is 3. The highest BCUT2D eigenvalue weighted by atomic mass is 19.1. The van der Waals surface area contributed by atoms with Gasteiger partial charge >= 0.3 is 0 Å². The fourth-order valence-corrected chi connectivity index (χ4v) is 2.66. The molecule has 0 heterocycles. The van der Waals surface area contributed by atoms with Gasteiger partial charge in [-0.3, -0.25) is 4.99 Å². The second kappa shape index (κ2) is 9.80. The number of nitrogens with zero attached hydrogens (tertiary/aromatic N) is 1. The monoisotopic (exact) mass is 373 g/mol. The van der Waals surface area contributed by atoms with Crippen molar-refractivity contribution < 1.29 is 14.2 Å². The van der Waals surface area contributed by atoms with E-state index >= 15 is 0 Å². The summed E-state index contributed by atoms with van der Waals surface area (Å²) in [5.41, 5.74) is 2.53. The number of benzene rings is 2. The molecule has 0 aliphatic rings. The molecule has 1 atom stereocenters. The van der Waals surface area contributed by atoms with E-state index in [1.165, 1.54) is 7.11 Å². The molecule has 2 aromatic rings. The van der Waals surface area contributed by atoms with Gasteiger partial charge in [0.25, 0.3) is 0 Å². The third-order valence-corrected chi connectivity index (χ3v) is 4.31. The van der Waals surface area contributed by atoms with Crippen LogP contribution in [-0.2, 0) is 6.42 Å². The van der Waals surface area contributed by atoms with Gasteiger partial charge in [0.2, 0.25) is 0 Å². The summed E-state index contributed by atoms with van der Waals surface area (Å²) in [6.45, 7) is 7.02. The molecule has 0 radical (unpaired) electrons. The van der Waals surface area contributed by atoms with Crippen molar-refractivity contribution in [1.29, 1.82) is 0 Å². The number of halogens is 1. The van der Waals surface area contributed by atoms with Crippen LogP contribution >= 0.6 is 0 Å². The summed E-state index contributed by atoms with van der Waals surface area (Å²) in [6.07, 6.45) is 0.709. The zero-order valence-corrected chi connectivity index (χ0v) is 16.3. The van der Waals surface area contributed by atoms with Gasteiger partial charge in [-0.2, -0.15) is 0 Å². The topological polar surface area (TPSA) is 65.9 Å². The van der Waals surface area contributed by atoms with Crippen LogP contribution in [-0.4, -0.2) is 31.3 Å². The van der Waals surface area contributed by atoms with Crippen molar-refractivity contribution in [3.63, 3.8) is 0 Å². The van der Waals surface area contributed by atoms with E-state index < -0.39 is 0 Å². The second-order valence-corrected chi connectivity index (χ2v) is 6.39. The first kappa shape index (κ1) is 20.6. The maximum atomic E-state index is 13.8. The Labute approximate surface area is 160 Å². The SMILES string of the molecule is CCNC(=NCCc1ccc(O)c(OC)c1)NC(C)c1ccc(C)c(F)c1. The lowest BCUT2D eigenvalue weighted by molar-refractivity contribution is 0.373. The van der Waals surface area contributed by atoms with Crippen molar-refractivity contribution in [2.75, 3.05) is 20.2 Å². The van der Waals surface area contributed by atoms with Crippen molar-refractivity contribution in [3.8, 4) is 11.5 Å². The molecule has 0 aliphatic heterocycles. The highest BCUT2D eigenvalue weighted by Gasteiger charge is 2.10. The number of rotatable bonds is 7. The summed E-state index contributed by atoms with van der Waals surface area (Å²) in [4.78, 5) is 4.59. The van der Waals surface area contributed by atoms with E-state index in [0.29, 0.717) is 30.2 Å². The van der Waals surface area contributed by atoms with E-state index in [1.807, 2.05) is 32.0 Å². The van der Waals surface area contributed by atoms with E-state index in [-0.39, 0.29) is 17.6 Å². The van der Waals surface area contributed by atoms with Crippen LogP contribution in [0.1, 0.15) is 36.6 Å². The van der Waals surface area contributed by atoms with Crippen molar-refractivity contribution in [3.05, 3.63) is 58.9 Å². The Kier molecular flexibility index (Phi) is 7.46. The zero-order valence-electron chi connectivity index (χ0n) is 16.3. The predicted molar refractivity (Wildman–Crippen MR) is 107 cm³/mol. The molecule has 0 fully saturated rings. The van der Waals surface area contributed by atoms with E-state index in [2.05, 4.69) is 15.6 Å². The van der Waals surface area contributed by atoms with Gasteiger partial charge in [0.05, 0.1) is 13.2 Å². The fourth-order valence-electron chi connectivity index (χ4n) is 2.66. The highest BCUT2D eigenvalue weighted by Crippen LogP contribution is 2.26. The minimum atomic E-state index is -0.204. The minimum Gasteiger partial charge on any atom is -0.504 e. The lowest BCUT2D eigenvalue weighted by atomic mass is 10.1. The number of ether oxygens (including phenoxy) is 1. The van der Waals surface area contributed by atoms with Gasteiger partial charge in [-0.15, -0.1) is 0 Å². The predicted octanol–water partition coefficient (Wildman–Crippen LogP) is 3.71. The van der Waals surface area contributed by atoms with Crippen molar-refractivity contribution in [2.24, 2.45) is 4.99 Å². The Morgan fingerprint density at radius 3 is 2.70 bits per heavy atom. The quantitative estimate of drug-likeness (QED) is 0.511. The minimum absolute atomic E-state index is 0.0772. The summed E-state index contributed by atoms with van der Waals surface area (Å²) in [5, 5.41) is 16.2. The van der Waals surface area contributed by atoms with Crippen LogP contribution in [0.4, 0.5) is 4.39 Å². The summed E-state index contributed by atoms with van der Waals surface area (Å²) in [6, 6.07) is 10.5. The first-order valence-electron chi connectivity index (χ1n) is 9.11. The number of aryl methyl sites for hydroxylation is 1. The first-order valence-corrected chi connectivity index (χ1v) is 9.11. The average Bonchev–Trinajstić information content (AvgIpc) is 2.65. The number of aliphatic imine (C=N–C) groups is 1. The molecule has 0 aliphatic carbocycles. The molecule has 0 saturated carbocycles. The molecule has 0 bridgehead atoms. The van der Waals surface area contributed by atoms with Crippen LogP contribution in [0.3, 0.4) is 0 Å². The van der Waals surface area contributed by atoms with Gasteiger partial charge in [0.15, 0.2) is 17.5 Å². The maximum Gasteiger partial charge on any atom is 0.191 e. The standard InChI is InChI=1S/C21H28FN3O2/c1-5-23-21(25-15(3)17-8-6-14(2)18(22)13-17)24-11-10-16-7-9-19(26)20(12-16)27-4/h6-9,12-13,15,26H,5,10-11H2,1-4H3,(H2,23,24,25). The first-order chi connectivity index (χ1) is 12.9. The number of phenols is 1. The van der Waals surface area contributed by atoms with Crippen LogP contribution in [0.25, 0.3) is 0 Å². The number of phenolic OH excluding ortho intramolecular Hbond substituents is 1. The summed E-state index contributed by atoms with van der Waals surface area (Å²) in [7, 11) is 1.53. The van der Waals surface area contributed by atoms with E-state index in [4.69, 9.17) is 4.74 Å². The number of aromatic hydroxyl groups is 1. The molecular weight excluding hydrogens is 345 g/mol. The molecule has 1 unspecified atom stereocenters. The number of methoxy groups -OCH3 is 1. The second-order valence-electron chi connectivity index (χ2n) is 6.39. The van der Waals surface area contributed by atoms with Crippen LogP contribution in [0, 0.1) is 12.7 Å². The molecule has 146 valence electrons. The molecule has 2 rings (SSSR count). The third-order valence-electron chi connectivity index (χ3n) is 4.31. The average molecular weight is 373 g/mol. The molecular formula is C21H28FN3O2. The normalized spacial score (nSPS) is 12.6. The Bertz CT molecular complexity index is 793. The number of hydrogen-bond donors (Lipinski definition) is 3. The largest absolute Gasteiger partial charge is 0.504 e. The number of nitrogens with one attached hydrogen (secondary N) is 2. The summed E-state index contributed by atoms with van der Waals surface area (Å²) in [5.74, 6) is 1.05. The molecule has 6 heteroatoms. The summed E-state index contributed by atoms with van der Waals surface area (Å²) < 4.78 is 18.9. The fraction of sp³-hybridized carbons (Fsp3) is 0.381. The van der Waals surface area contributed by atoms with Crippen LogP contribution in [0.2, 0.25) is 0 Å². The molecule has 5 nitrogen and oxygen atoms in total. The van der Waals surface area contributed by atoms with Gasteiger partial charge in [0.1, 0.15) is 5.82 Å². The van der Waals surface area contributed by atoms with E-state index in [9.17, 15) is 9.50 Å². The molecule has 0 aromatic heterocycles. The van der Waals surface area contributed by atoms with Gasteiger partial charge in [-0.1, -0.05) is 18.2 Å². The molecule has 3 N–H and O–H groups in total. The molecule has 2 aromatic carbocycles. The zero-order chi connectivity index (χ0) is 19.8. The van der Waals surface area contributed by atoms with Gasteiger partial charge in [-0.05, 0) is 62.1 Å². The van der Waals surface area contributed by atoms with Gasteiger partial charge < -0.3 is 20.5 Å². The van der Waals surface area contributed by atoms with Gasteiger partial charge in [-0.25, -0.2) is 4.39 Å². The smallest absolute Gasteiger partial charge is 0.191 e. The van der Waals surface area contributed by atoms with Gasteiger partial charge in [0, 0.05) is 13.1 Å². The molecule has 0 spiro atoms. The van der Waals surface area contributed by atoms with E-state index in [1.54, 1.807) is 25.1 Å². The van der Waals surface area contributed by atoms with Crippen LogP contribution in [0.15, 0.2) is 41.4 Å². The molecule has 0 amide bonds. The van der Waals surface area contributed by atoms with Crippen LogP contribution in [0.5, 0.6) is 11.5 Å². The van der Waals surface area contributed by atoms with Crippen molar-refractivity contribution in [2.45, 2.75) is 33.2 Å². The number of guanidine groups is 1. The Morgan fingerprint density at radius 2 is 2.04 bits per heavy atom. The van der Waals surface area contributed by atoms with E-state index in [0.717, 1.165) is 17.7 Å². The summed E-state index contributed by atoms with van der Waals surface area (Å²) >= 11 is 0. The maximum absolute atomic E-state index is 13.8. The van der Waals surface area contributed by atoms with Crippen molar-refractivity contribution >= 4 is 5.96 Å². The Hall–Kier alpha value is -2.76. The molecule has 0 saturated heterocycles. The lowest BCUT2D eigenvalue weighted by Gasteiger charge is -2.18. The van der Waals surface area contributed by atoms with Crippen molar-refractivity contribution in [1.82, 2.24) is 10.6 Å². The van der Waals surface area contributed by atoms with Crippen LogP contribution < -0.4 is 15.4 Å². The highest BCUT2D eigenvalue weighted by molar-refractivity contribution is 5.80. The Morgan fingerprint density at radius 1 is 1.26 bits per heavy atom. The lowest BCUT2D eigenvalue weighted by Crippen LogP contribution is -2.38. The Balaban J connectivity index is 2.01. The molecule has 27 heavy (non-hydrogen) atoms. The third kappa shape index (κ3) is 5.88.